The van der Waals surface area contributed by atoms with Crippen LogP contribution in [0.15, 0.2) is 47.5 Å². The van der Waals surface area contributed by atoms with Gasteiger partial charge in [0.05, 0.1) is 11.4 Å². The summed E-state index contributed by atoms with van der Waals surface area (Å²) in [6, 6.07) is 11.6. The van der Waals surface area contributed by atoms with Crippen LogP contribution < -0.4 is 5.32 Å². The normalized spacial score (nSPS) is 22.5. The molecule has 0 aromatic heterocycles. The zero-order valence-electron chi connectivity index (χ0n) is 15.2. The van der Waals surface area contributed by atoms with Gasteiger partial charge in [-0.3, -0.25) is 9.59 Å². The number of urea groups is 1. The fourth-order valence-corrected chi connectivity index (χ4v) is 4.63. The fourth-order valence-electron chi connectivity index (χ4n) is 3.36. The molecule has 4 rings (SSSR count). The summed E-state index contributed by atoms with van der Waals surface area (Å²) in [6.45, 7) is 3.69. The van der Waals surface area contributed by atoms with Crippen molar-refractivity contribution in [2.75, 3.05) is 11.1 Å². The van der Waals surface area contributed by atoms with Crippen molar-refractivity contribution in [1.82, 2.24) is 4.90 Å². The summed E-state index contributed by atoms with van der Waals surface area (Å²) in [4.78, 5) is 42.0. The lowest BCUT2D eigenvalue weighted by Gasteiger charge is -2.31. The highest BCUT2D eigenvalue weighted by Crippen LogP contribution is 2.45. The van der Waals surface area contributed by atoms with Gasteiger partial charge in [-0.05, 0) is 43.2 Å². The van der Waals surface area contributed by atoms with Crippen molar-refractivity contribution < 1.29 is 14.4 Å². The SMILES string of the molecule is Cc1ccc2c(c1)NC(=O)C2=NC(=O)N1C(=O)CSC1(C)c1ccc(Cl)cc1. The Morgan fingerprint density at radius 2 is 1.93 bits per heavy atom. The minimum atomic E-state index is -0.923. The van der Waals surface area contributed by atoms with E-state index in [4.69, 9.17) is 11.6 Å². The predicted octanol–water partition coefficient (Wildman–Crippen LogP) is 3.96. The summed E-state index contributed by atoms with van der Waals surface area (Å²) in [5.74, 6) is -0.654. The van der Waals surface area contributed by atoms with Gasteiger partial charge in [-0.1, -0.05) is 35.9 Å². The van der Waals surface area contributed by atoms with E-state index in [2.05, 4.69) is 10.3 Å². The third-order valence-corrected chi connectivity index (χ3v) is 6.45. The molecule has 1 fully saturated rings. The summed E-state index contributed by atoms with van der Waals surface area (Å²) < 4.78 is 0. The molecular formula is C20H16ClN3O3S. The van der Waals surface area contributed by atoms with Crippen LogP contribution in [0.5, 0.6) is 0 Å². The number of imide groups is 1. The highest BCUT2D eigenvalue weighted by Gasteiger charge is 2.48. The number of halogens is 1. The smallest absolute Gasteiger partial charge is 0.320 e. The molecule has 0 aliphatic carbocycles. The number of nitrogens with one attached hydrogen (secondary N) is 1. The maximum atomic E-state index is 13.0. The number of benzene rings is 2. The van der Waals surface area contributed by atoms with Gasteiger partial charge >= 0.3 is 6.03 Å². The van der Waals surface area contributed by atoms with Gasteiger partial charge in [0.1, 0.15) is 10.6 Å². The molecule has 0 saturated carbocycles. The predicted molar refractivity (Wildman–Crippen MR) is 110 cm³/mol. The van der Waals surface area contributed by atoms with E-state index >= 15 is 0 Å². The molecule has 1 unspecified atom stereocenters. The van der Waals surface area contributed by atoms with Crippen LogP contribution in [-0.4, -0.2) is 34.2 Å². The maximum absolute atomic E-state index is 13.0. The van der Waals surface area contributed by atoms with Gasteiger partial charge in [0.15, 0.2) is 0 Å². The number of hydrogen-bond donors (Lipinski definition) is 1. The Bertz CT molecular complexity index is 1050. The first-order chi connectivity index (χ1) is 13.3. The van der Waals surface area contributed by atoms with E-state index < -0.39 is 16.8 Å². The quantitative estimate of drug-likeness (QED) is 0.767. The standard InChI is InChI=1S/C20H16ClN3O3S/c1-11-3-8-14-15(9-11)22-18(26)17(14)23-19(27)24-16(25)10-28-20(24,2)12-4-6-13(21)7-5-12/h3-9H,10H2,1-2H3,(H,22,23,26,27). The Kier molecular flexibility index (Phi) is 4.51. The van der Waals surface area contributed by atoms with Crippen molar-refractivity contribution in [2.45, 2.75) is 18.7 Å². The van der Waals surface area contributed by atoms with Crippen LogP contribution in [0, 0.1) is 6.92 Å². The molecule has 6 nitrogen and oxygen atoms in total. The Hall–Kier alpha value is -2.64. The first-order valence-corrected chi connectivity index (χ1v) is 9.94. The van der Waals surface area contributed by atoms with Gasteiger partial charge < -0.3 is 5.32 Å². The fraction of sp³-hybridized carbons (Fsp3) is 0.200. The van der Waals surface area contributed by atoms with Crippen LogP contribution in [0.1, 0.15) is 23.6 Å². The molecule has 2 aliphatic rings. The lowest BCUT2D eigenvalue weighted by atomic mass is 10.1. The number of thioether (sulfide) groups is 1. The number of carbonyl (C=O) groups excluding carboxylic acids is 3. The summed E-state index contributed by atoms with van der Waals surface area (Å²) >= 11 is 7.30. The highest BCUT2D eigenvalue weighted by molar-refractivity contribution is 8.01. The van der Waals surface area contributed by atoms with Crippen LogP contribution in [0.4, 0.5) is 10.5 Å². The summed E-state index contributed by atoms with van der Waals surface area (Å²) in [5, 5.41) is 3.27. The average molecular weight is 414 g/mol. The lowest BCUT2D eigenvalue weighted by Crippen LogP contribution is -2.43. The van der Waals surface area contributed by atoms with Crippen molar-refractivity contribution in [3.8, 4) is 0 Å². The van der Waals surface area contributed by atoms with Gasteiger partial charge in [-0.2, -0.15) is 4.99 Å². The molecule has 2 aromatic rings. The second kappa shape index (κ2) is 6.76. The number of anilines is 1. The van der Waals surface area contributed by atoms with Gasteiger partial charge in [-0.25, -0.2) is 9.69 Å². The molecule has 28 heavy (non-hydrogen) atoms. The van der Waals surface area contributed by atoms with Crippen LogP contribution in [0.25, 0.3) is 0 Å². The molecule has 2 heterocycles. The number of aryl methyl sites for hydroxylation is 1. The van der Waals surface area contributed by atoms with Gasteiger partial charge in [0, 0.05) is 10.6 Å². The van der Waals surface area contributed by atoms with Crippen molar-refractivity contribution in [3.63, 3.8) is 0 Å². The van der Waals surface area contributed by atoms with E-state index in [1.54, 1.807) is 37.3 Å². The molecule has 1 atom stereocenters. The molecule has 1 saturated heterocycles. The van der Waals surface area contributed by atoms with E-state index in [0.717, 1.165) is 16.0 Å². The summed E-state index contributed by atoms with van der Waals surface area (Å²) in [7, 11) is 0. The van der Waals surface area contributed by atoms with Crippen molar-refractivity contribution in [2.24, 2.45) is 4.99 Å². The minimum absolute atomic E-state index is 0.0168. The molecule has 0 spiro atoms. The summed E-state index contributed by atoms with van der Waals surface area (Å²) in [5.41, 5.74) is 2.92. The molecular weight excluding hydrogens is 398 g/mol. The van der Waals surface area contributed by atoms with Gasteiger partial charge in [0.2, 0.25) is 5.91 Å². The number of rotatable bonds is 1. The van der Waals surface area contributed by atoms with Gasteiger partial charge in [-0.15, -0.1) is 11.8 Å². The van der Waals surface area contributed by atoms with E-state index in [0.29, 0.717) is 16.3 Å². The second-order valence-electron chi connectivity index (χ2n) is 6.75. The lowest BCUT2D eigenvalue weighted by molar-refractivity contribution is -0.126. The maximum Gasteiger partial charge on any atom is 0.352 e. The zero-order chi connectivity index (χ0) is 20.1. The van der Waals surface area contributed by atoms with Crippen molar-refractivity contribution >= 4 is 52.6 Å². The first kappa shape index (κ1) is 18.7. The van der Waals surface area contributed by atoms with E-state index in [1.807, 2.05) is 19.1 Å². The van der Waals surface area contributed by atoms with Gasteiger partial charge in [0.25, 0.3) is 5.91 Å². The Labute approximate surface area is 171 Å². The number of hydrogen-bond acceptors (Lipinski definition) is 4. The molecule has 0 bridgehead atoms. The Balaban J connectivity index is 1.72. The Morgan fingerprint density at radius 3 is 2.64 bits per heavy atom. The molecule has 4 amide bonds. The van der Waals surface area contributed by atoms with E-state index in [-0.39, 0.29) is 17.4 Å². The van der Waals surface area contributed by atoms with Crippen LogP contribution in [0.2, 0.25) is 5.02 Å². The molecule has 2 aromatic carbocycles. The topological polar surface area (TPSA) is 78.8 Å². The molecule has 142 valence electrons. The highest BCUT2D eigenvalue weighted by atomic mass is 35.5. The number of fused-ring (bicyclic) bond motifs is 1. The summed E-state index contributed by atoms with van der Waals surface area (Å²) in [6.07, 6.45) is 0. The molecule has 2 aliphatic heterocycles. The zero-order valence-corrected chi connectivity index (χ0v) is 16.7. The third-order valence-electron chi connectivity index (χ3n) is 4.82. The van der Waals surface area contributed by atoms with Crippen LogP contribution in [0.3, 0.4) is 0 Å². The largest absolute Gasteiger partial charge is 0.352 e. The Morgan fingerprint density at radius 1 is 1.21 bits per heavy atom. The number of carbonyl (C=O) groups is 3. The molecule has 8 heteroatoms. The van der Waals surface area contributed by atoms with Crippen LogP contribution in [-0.2, 0) is 14.5 Å². The third kappa shape index (κ3) is 3.00. The van der Waals surface area contributed by atoms with Crippen LogP contribution >= 0.6 is 23.4 Å². The number of aliphatic imine (C=N–C) groups is 1. The average Bonchev–Trinajstić information content (AvgIpc) is 3.12. The van der Waals surface area contributed by atoms with E-state index in [1.165, 1.54) is 11.8 Å². The first-order valence-electron chi connectivity index (χ1n) is 8.58. The monoisotopic (exact) mass is 413 g/mol. The van der Waals surface area contributed by atoms with Crippen molar-refractivity contribution in [3.05, 3.63) is 64.2 Å². The second-order valence-corrected chi connectivity index (χ2v) is 8.56. The van der Waals surface area contributed by atoms with E-state index in [9.17, 15) is 14.4 Å². The molecule has 1 N–H and O–H groups in total. The molecule has 0 radical (unpaired) electrons. The number of nitrogens with zero attached hydrogens (tertiary/aromatic N) is 2. The minimum Gasteiger partial charge on any atom is -0.320 e. The van der Waals surface area contributed by atoms with Crippen molar-refractivity contribution in [1.29, 1.82) is 0 Å². The number of amides is 4.